The maximum atomic E-state index is 12.4. The Kier molecular flexibility index (Phi) is 3.15. The van der Waals surface area contributed by atoms with Gasteiger partial charge in [0.25, 0.3) is 0 Å². The fourth-order valence-electron chi connectivity index (χ4n) is 2.34. The average molecular weight is 264 g/mol. The van der Waals surface area contributed by atoms with Crippen LogP contribution in [0.3, 0.4) is 0 Å². The van der Waals surface area contributed by atoms with Crippen LogP contribution >= 0.6 is 0 Å². The second-order valence-electron chi connectivity index (χ2n) is 5.13. The SMILES string of the molecule is Cc1ccc(/C=C2\COc3ccccc3C2=O)cc1C. The topological polar surface area (TPSA) is 26.3 Å². The van der Waals surface area contributed by atoms with Crippen molar-refractivity contribution in [2.75, 3.05) is 6.61 Å². The summed E-state index contributed by atoms with van der Waals surface area (Å²) in [4.78, 5) is 12.4. The van der Waals surface area contributed by atoms with Gasteiger partial charge in [-0.05, 0) is 48.7 Å². The number of para-hydroxylation sites is 1. The molecule has 100 valence electrons. The number of benzene rings is 2. The van der Waals surface area contributed by atoms with Crippen LogP contribution in [0.1, 0.15) is 27.0 Å². The third-order valence-corrected chi connectivity index (χ3v) is 3.68. The van der Waals surface area contributed by atoms with Crippen LogP contribution in [-0.2, 0) is 0 Å². The van der Waals surface area contributed by atoms with E-state index >= 15 is 0 Å². The number of rotatable bonds is 1. The van der Waals surface area contributed by atoms with Gasteiger partial charge in [-0.3, -0.25) is 4.79 Å². The molecule has 1 aliphatic heterocycles. The van der Waals surface area contributed by atoms with Crippen molar-refractivity contribution in [3.05, 3.63) is 70.3 Å². The number of ketones is 1. The van der Waals surface area contributed by atoms with Gasteiger partial charge < -0.3 is 4.74 Å². The Morgan fingerprint density at radius 1 is 1.05 bits per heavy atom. The Morgan fingerprint density at radius 2 is 1.85 bits per heavy atom. The van der Waals surface area contributed by atoms with E-state index in [1.54, 1.807) is 0 Å². The summed E-state index contributed by atoms with van der Waals surface area (Å²) in [5.74, 6) is 0.736. The summed E-state index contributed by atoms with van der Waals surface area (Å²) in [5.41, 5.74) is 4.87. The predicted molar refractivity (Wildman–Crippen MR) is 80.2 cm³/mol. The largest absolute Gasteiger partial charge is 0.488 e. The Labute approximate surface area is 118 Å². The minimum absolute atomic E-state index is 0.0603. The second-order valence-corrected chi connectivity index (χ2v) is 5.13. The first kappa shape index (κ1) is 12.7. The molecule has 0 saturated carbocycles. The number of Topliss-reactive ketones (excluding diaryl/α,β-unsaturated/α-hetero) is 1. The number of fused-ring (bicyclic) bond motifs is 1. The number of carbonyl (C=O) groups is 1. The molecule has 0 unspecified atom stereocenters. The molecule has 0 N–H and O–H groups in total. The van der Waals surface area contributed by atoms with Gasteiger partial charge in [-0.25, -0.2) is 0 Å². The van der Waals surface area contributed by atoms with E-state index in [0.717, 1.165) is 5.56 Å². The van der Waals surface area contributed by atoms with E-state index in [0.29, 0.717) is 23.5 Å². The molecule has 2 aromatic rings. The number of carbonyl (C=O) groups excluding carboxylic acids is 1. The summed E-state index contributed by atoms with van der Waals surface area (Å²) in [7, 11) is 0. The van der Waals surface area contributed by atoms with Crippen molar-refractivity contribution in [3.63, 3.8) is 0 Å². The Balaban J connectivity index is 1.97. The summed E-state index contributed by atoms with van der Waals surface area (Å²) in [6.07, 6.45) is 1.92. The van der Waals surface area contributed by atoms with Gasteiger partial charge in [-0.2, -0.15) is 0 Å². The maximum Gasteiger partial charge on any atom is 0.196 e. The third kappa shape index (κ3) is 2.25. The van der Waals surface area contributed by atoms with Crippen molar-refractivity contribution >= 4 is 11.9 Å². The quantitative estimate of drug-likeness (QED) is 0.729. The standard InChI is InChI=1S/C18H16O2/c1-12-7-8-14(9-13(12)2)10-15-11-20-17-6-4-3-5-16(17)18(15)19/h3-10H,11H2,1-2H3/b15-10+. The van der Waals surface area contributed by atoms with Gasteiger partial charge >= 0.3 is 0 Å². The van der Waals surface area contributed by atoms with Crippen molar-refractivity contribution in [3.8, 4) is 5.75 Å². The highest BCUT2D eigenvalue weighted by molar-refractivity contribution is 6.14. The lowest BCUT2D eigenvalue weighted by molar-refractivity contribution is 0.100. The zero-order valence-corrected chi connectivity index (χ0v) is 11.6. The minimum atomic E-state index is 0.0603. The van der Waals surface area contributed by atoms with Crippen molar-refractivity contribution in [2.24, 2.45) is 0 Å². The van der Waals surface area contributed by atoms with Crippen LogP contribution in [0.15, 0.2) is 48.0 Å². The van der Waals surface area contributed by atoms with E-state index in [-0.39, 0.29) is 5.78 Å². The zero-order valence-electron chi connectivity index (χ0n) is 11.6. The highest BCUT2D eigenvalue weighted by Gasteiger charge is 2.22. The highest BCUT2D eigenvalue weighted by Crippen LogP contribution is 2.27. The molecule has 1 heterocycles. The fourth-order valence-corrected chi connectivity index (χ4v) is 2.34. The first-order valence-corrected chi connectivity index (χ1v) is 6.69. The summed E-state index contributed by atoms with van der Waals surface area (Å²) in [6.45, 7) is 4.49. The van der Waals surface area contributed by atoms with Crippen molar-refractivity contribution in [1.82, 2.24) is 0 Å². The molecule has 0 amide bonds. The minimum Gasteiger partial charge on any atom is -0.488 e. The van der Waals surface area contributed by atoms with Crippen LogP contribution < -0.4 is 4.74 Å². The Morgan fingerprint density at radius 3 is 2.65 bits per heavy atom. The van der Waals surface area contributed by atoms with Gasteiger partial charge in [0.05, 0.1) is 5.56 Å². The molecule has 0 bridgehead atoms. The van der Waals surface area contributed by atoms with Crippen molar-refractivity contribution in [2.45, 2.75) is 13.8 Å². The fraction of sp³-hybridized carbons (Fsp3) is 0.167. The molecule has 0 fully saturated rings. The first-order chi connectivity index (χ1) is 9.65. The molecule has 2 nitrogen and oxygen atoms in total. The molecule has 2 aromatic carbocycles. The summed E-state index contributed by atoms with van der Waals surface area (Å²) in [6, 6.07) is 13.6. The van der Waals surface area contributed by atoms with Crippen LogP contribution in [-0.4, -0.2) is 12.4 Å². The van der Waals surface area contributed by atoms with Crippen LogP contribution in [0, 0.1) is 13.8 Å². The maximum absolute atomic E-state index is 12.4. The zero-order chi connectivity index (χ0) is 14.1. The predicted octanol–water partition coefficient (Wildman–Crippen LogP) is 3.96. The monoisotopic (exact) mass is 264 g/mol. The third-order valence-electron chi connectivity index (χ3n) is 3.68. The van der Waals surface area contributed by atoms with Gasteiger partial charge in [0.2, 0.25) is 0 Å². The Bertz CT molecular complexity index is 711. The molecule has 3 rings (SSSR count). The molecule has 0 aliphatic carbocycles. The molecule has 20 heavy (non-hydrogen) atoms. The molecule has 0 spiro atoms. The number of ether oxygens (including phenoxy) is 1. The number of hydrogen-bond donors (Lipinski definition) is 0. The number of hydrogen-bond acceptors (Lipinski definition) is 2. The van der Waals surface area contributed by atoms with Crippen LogP contribution in [0.4, 0.5) is 0 Å². The molecule has 1 aliphatic rings. The molecule has 0 radical (unpaired) electrons. The van der Waals surface area contributed by atoms with Crippen molar-refractivity contribution in [1.29, 1.82) is 0 Å². The molecule has 2 heteroatoms. The van der Waals surface area contributed by atoms with Crippen molar-refractivity contribution < 1.29 is 9.53 Å². The van der Waals surface area contributed by atoms with Crippen LogP contribution in [0.5, 0.6) is 5.75 Å². The lowest BCUT2D eigenvalue weighted by Gasteiger charge is -2.18. The molecule has 0 aromatic heterocycles. The Hall–Kier alpha value is -2.35. The summed E-state index contributed by atoms with van der Waals surface area (Å²) < 4.78 is 5.64. The van der Waals surface area contributed by atoms with Gasteiger partial charge in [0.15, 0.2) is 5.78 Å². The summed E-state index contributed by atoms with van der Waals surface area (Å²) in [5, 5.41) is 0. The van der Waals surface area contributed by atoms with Gasteiger partial charge in [-0.1, -0.05) is 30.3 Å². The smallest absolute Gasteiger partial charge is 0.196 e. The van der Waals surface area contributed by atoms with E-state index in [1.807, 2.05) is 36.4 Å². The molecular weight excluding hydrogens is 248 g/mol. The van der Waals surface area contributed by atoms with Gasteiger partial charge in [-0.15, -0.1) is 0 Å². The lowest BCUT2D eigenvalue weighted by atomic mass is 9.97. The normalized spacial score (nSPS) is 15.9. The first-order valence-electron chi connectivity index (χ1n) is 6.69. The van der Waals surface area contributed by atoms with Gasteiger partial charge in [0, 0.05) is 5.57 Å². The average Bonchev–Trinajstić information content (AvgIpc) is 2.46. The van der Waals surface area contributed by atoms with Gasteiger partial charge in [0.1, 0.15) is 12.4 Å². The van der Waals surface area contributed by atoms with E-state index < -0.39 is 0 Å². The van der Waals surface area contributed by atoms with E-state index in [9.17, 15) is 4.79 Å². The van der Waals surface area contributed by atoms with E-state index in [2.05, 4.69) is 26.0 Å². The lowest BCUT2D eigenvalue weighted by Crippen LogP contribution is -2.18. The summed E-state index contributed by atoms with van der Waals surface area (Å²) >= 11 is 0. The second kappa shape index (κ2) is 4.97. The highest BCUT2D eigenvalue weighted by atomic mass is 16.5. The molecule has 0 atom stereocenters. The van der Waals surface area contributed by atoms with Crippen LogP contribution in [0.25, 0.3) is 6.08 Å². The number of aryl methyl sites for hydroxylation is 2. The van der Waals surface area contributed by atoms with E-state index in [1.165, 1.54) is 11.1 Å². The van der Waals surface area contributed by atoms with E-state index in [4.69, 9.17) is 4.74 Å². The molecule has 0 saturated heterocycles. The molecular formula is C18H16O2. The van der Waals surface area contributed by atoms with Crippen LogP contribution in [0.2, 0.25) is 0 Å².